The zero-order valence-electron chi connectivity index (χ0n) is 27.1. The Morgan fingerprint density at radius 2 is 1.70 bits per heavy atom. The Labute approximate surface area is 274 Å². The van der Waals surface area contributed by atoms with E-state index >= 15 is 0 Å². The molecule has 1 amide bonds. The molecule has 5 rings (SSSR count). The first-order valence-electron chi connectivity index (χ1n) is 15.5. The summed E-state index contributed by atoms with van der Waals surface area (Å²) in [6, 6.07) is 10.7. The Morgan fingerprint density at radius 3 is 2.36 bits per heavy atom. The van der Waals surface area contributed by atoms with E-state index in [0.717, 1.165) is 36.8 Å². The first kappa shape index (κ1) is 33.8. The minimum atomic E-state index is -3.82. The van der Waals surface area contributed by atoms with Gasteiger partial charge in [0, 0.05) is 12.1 Å². The van der Waals surface area contributed by atoms with Crippen LogP contribution in [0.4, 0.5) is 21.0 Å². The molecule has 0 bridgehead atoms. The third-order valence-electron chi connectivity index (χ3n) is 7.65. The lowest BCUT2D eigenvalue weighted by Gasteiger charge is -2.30. The van der Waals surface area contributed by atoms with Gasteiger partial charge in [-0.3, -0.25) is 4.72 Å². The van der Waals surface area contributed by atoms with Crippen LogP contribution in [0.3, 0.4) is 0 Å². The fraction of sp³-hybridized carbons (Fsp3) is 0.424. The van der Waals surface area contributed by atoms with Crippen molar-refractivity contribution in [1.82, 2.24) is 25.3 Å². The van der Waals surface area contributed by atoms with Gasteiger partial charge in [0.2, 0.25) is 21.9 Å². The number of methoxy groups -OCH3 is 1. The fourth-order valence-corrected chi connectivity index (χ4v) is 6.58. The number of ether oxygens (including phenoxy) is 2. The lowest BCUT2D eigenvalue weighted by atomic mass is 9.91. The smallest absolute Gasteiger partial charge is 0.407 e. The predicted octanol–water partition coefficient (Wildman–Crippen LogP) is 5.99. The van der Waals surface area contributed by atoms with Crippen LogP contribution in [-0.2, 0) is 26.9 Å². The van der Waals surface area contributed by atoms with E-state index in [2.05, 4.69) is 25.3 Å². The maximum Gasteiger partial charge on any atom is 0.407 e. The van der Waals surface area contributed by atoms with E-state index in [-0.39, 0.29) is 29.5 Å². The first-order chi connectivity index (χ1) is 22.3. The number of pyridine rings is 2. The van der Waals surface area contributed by atoms with Crippen LogP contribution >= 0.6 is 0 Å². The van der Waals surface area contributed by atoms with E-state index in [0.29, 0.717) is 34.7 Å². The van der Waals surface area contributed by atoms with Crippen molar-refractivity contribution >= 4 is 38.9 Å². The van der Waals surface area contributed by atoms with Gasteiger partial charge in [0.25, 0.3) is 0 Å². The lowest BCUT2D eigenvalue weighted by molar-refractivity contribution is 0.0492. The normalized spacial score (nSPS) is 16.8. The highest BCUT2D eigenvalue weighted by atomic mass is 32.2. The lowest BCUT2D eigenvalue weighted by Crippen LogP contribution is -2.42. The van der Waals surface area contributed by atoms with Crippen LogP contribution < -0.4 is 20.1 Å². The van der Waals surface area contributed by atoms with Gasteiger partial charge < -0.3 is 20.1 Å². The summed E-state index contributed by atoms with van der Waals surface area (Å²) in [6.45, 7) is 7.57. The van der Waals surface area contributed by atoms with Gasteiger partial charge in [-0.1, -0.05) is 19.1 Å². The molecule has 1 fully saturated rings. The largest absolute Gasteiger partial charge is 0.480 e. The van der Waals surface area contributed by atoms with Crippen LogP contribution in [0.25, 0.3) is 22.3 Å². The van der Waals surface area contributed by atoms with Crippen LogP contribution in [0.15, 0.2) is 48.7 Å². The predicted molar refractivity (Wildman–Crippen MR) is 178 cm³/mol. The second-order valence-corrected chi connectivity index (χ2v) is 14.2. The highest BCUT2D eigenvalue weighted by Gasteiger charge is 2.25. The molecule has 1 aromatic carbocycles. The fourth-order valence-electron chi connectivity index (χ4n) is 5.45. The molecule has 250 valence electrons. The number of sulfonamides is 1. The second-order valence-electron chi connectivity index (χ2n) is 12.5. The van der Waals surface area contributed by atoms with Gasteiger partial charge in [-0.25, -0.2) is 32.6 Å². The summed E-state index contributed by atoms with van der Waals surface area (Å²) in [5.41, 5.74) is 3.34. The first-order valence-corrected chi connectivity index (χ1v) is 17.2. The van der Waals surface area contributed by atoms with E-state index < -0.39 is 27.5 Å². The minimum Gasteiger partial charge on any atom is -0.480 e. The molecule has 0 unspecified atom stereocenters. The van der Waals surface area contributed by atoms with Gasteiger partial charge in [-0.05, 0) is 94.3 Å². The Morgan fingerprint density at radius 1 is 1.00 bits per heavy atom. The summed E-state index contributed by atoms with van der Waals surface area (Å²) in [5, 5.41) is 6.41. The quantitative estimate of drug-likeness (QED) is 0.184. The van der Waals surface area contributed by atoms with Gasteiger partial charge in [0.05, 0.1) is 35.8 Å². The SMILES string of the molecule is CCc1cc(-c2ccc(NS(=O)(=O)Cc3ccc(F)cc3)nc2OC)nc2cnc(N[C@H]3CC[C@H](NC(=O)OC(C)(C)C)CC3)nc12. The maximum atomic E-state index is 13.2. The van der Waals surface area contributed by atoms with Crippen LogP contribution in [0.5, 0.6) is 5.88 Å². The monoisotopic (exact) mass is 665 g/mol. The summed E-state index contributed by atoms with van der Waals surface area (Å²) in [7, 11) is -2.37. The Balaban J connectivity index is 1.28. The Kier molecular flexibility index (Phi) is 10.1. The minimum absolute atomic E-state index is 0.0666. The Hall–Kier alpha value is -4.59. The average Bonchev–Trinajstić information content (AvgIpc) is 3.01. The molecule has 3 aromatic heterocycles. The number of carbonyl (C=O) groups excluding carboxylic acids is 1. The molecule has 3 N–H and O–H groups in total. The van der Waals surface area contributed by atoms with Crippen molar-refractivity contribution in [2.75, 3.05) is 17.1 Å². The summed E-state index contributed by atoms with van der Waals surface area (Å²) >= 11 is 0. The molecule has 0 radical (unpaired) electrons. The number of carbonyl (C=O) groups is 1. The van der Waals surface area contributed by atoms with Crippen LogP contribution in [0.2, 0.25) is 0 Å². The molecule has 3 heterocycles. The number of amides is 1. The topological polar surface area (TPSA) is 157 Å². The van der Waals surface area contributed by atoms with Crippen molar-refractivity contribution in [3.8, 4) is 17.1 Å². The molecule has 12 nitrogen and oxygen atoms in total. The second kappa shape index (κ2) is 14.0. The highest BCUT2D eigenvalue weighted by Crippen LogP contribution is 2.32. The number of benzene rings is 1. The van der Waals surface area contributed by atoms with Gasteiger partial charge >= 0.3 is 6.09 Å². The standard InChI is InChI=1S/C33H40FN7O5S/c1-6-21-17-26(25-15-16-28(39-30(25)45-5)41-47(43,44)19-20-7-9-22(34)10-8-20)38-27-18-35-31(40-29(21)27)36-23-11-13-24(14-12-23)37-32(42)46-33(2,3)4/h7-10,15-18,23-24H,6,11-14,19H2,1-5H3,(H,37,42)(H,39,41)(H,35,36,40)/t23-,24-. The van der Waals surface area contributed by atoms with Crippen molar-refractivity contribution in [1.29, 1.82) is 0 Å². The summed E-state index contributed by atoms with van der Waals surface area (Å²) in [6.07, 6.45) is 5.32. The van der Waals surface area contributed by atoms with E-state index in [4.69, 9.17) is 19.4 Å². The van der Waals surface area contributed by atoms with Crippen LogP contribution in [-0.4, -0.2) is 59.2 Å². The molecule has 0 atom stereocenters. The highest BCUT2D eigenvalue weighted by molar-refractivity contribution is 7.91. The third-order valence-corrected chi connectivity index (χ3v) is 8.88. The number of halogens is 1. The summed E-state index contributed by atoms with van der Waals surface area (Å²) in [4.78, 5) is 30.6. The molecular weight excluding hydrogens is 625 g/mol. The van der Waals surface area contributed by atoms with Gasteiger partial charge in [0.15, 0.2) is 0 Å². The third kappa shape index (κ3) is 9.03. The average molecular weight is 666 g/mol. The Bertz CT molecular complexity index is 1840. The number of anilines is 2. The number of alkyl carbamates (subject to hydrolysis) is 1. The molecule has 0 aliphatic heterocycles. The summed E-state index contributed by atoms with van der Waals surface area (Å²) < 4.78 is 52.1. The number of fused-ring (bicyclic) bond motifs is 1. The molecule has 0 spiro atoms. The number of nitrogens with zero attached hydrogens (tertiary/aromatic N) is 4. The van der Waals surface area contributed by atoms with Crippen molar-refractivity contribution in [2.24, 2.45) is 0 Å². The van der Waals surface area contributed by atoms with E-state index in [1.54, 1.807) is 18.3 Å². The number of nitrogens with one attached hydrogen (secondary N) is 3. The van der Waals surface area contributed by atoms with E-state index in [1.165, 1.54) is 31.4 Å². The molecule has 1 aliphatic rings. The zero-order valence-corrected chi connectivity index (χ0v) is 27.9. The van der Waals surface area contributed by atoms with Crippen molar-refractivity contribution in [2.45, 2.75) is 83.2 Å². The van der Waals surface area contributed by atoms with Crippen molar-refractivity contribution in [3.63, 3.8) is 0 Å². The summed E-state index contributed by atoms with van der Waals surface area (Å²) in [5.74, 6) is 0.00829. The molecule has 4 aromatic rings. The van der Waals surface area contributed by atoms with Crippen LogP contribution in [0.1, 0.15) is 64.5 Å². The van der Waals surface area contributed by atoms with Crippen LogP contribution in [0, 0.1) is 5.82 Å². The number of hydrogen-bond donors (Lipinski definition) is 3. The van der Waals surface area contributed by atoms with Crippen molar-refractivity contribution < 1.29 is 27.1 Å². The number of aromatic nitrogens is 4. The van der Waals surface area contributed by atoms with Gasteiger partial charge in [-0.2, -0.15) is 4.98 Å². The molecule has 1 aliphatic carbocycles. The molecule has 1 saturated carbocycles. The molecule has 47 heavy (non-hydrogen) atoms. The van der Waals surface area contributed by atoms with Gasteiger partial charge in [0.1, 0.15) is 22.8 Å². The number of rotatable bonds is 10. The van der Waals surface area contributed by atoms with E-state index in [9.17, 15) is 17.6 Å². The molecule has 0 saturated heterocycles. The maximum absolute atomic E-state index is 13.2. The molecule has 14 heteroatoms. The van der Waals surface area contributed by atoms with Crippen molar-refractivity contribution in [3.05, 3.63) is 65.6 Å². The number of hydrogen-bond acceptors (Lipinski definition) is 10. The van der Waals surface area contributed by atoms with Gasteiger partial charge in [-0.15, -0.1) is 0 Å². The molecular formula is C33H40FN7O5S. The number of aryl methyl sites for hydroxylation is 1. The van der Waals surface area contributed by atoms with E-state index in [1.807, 2.05) is 33.8 Å². The zero-order chi connectivity index (χ0) is 33.8.